The van der Waals surface area contributed by atoms with E-state index in [-0.39, 0.29) is 0 Å². The lowest BCUT2D eigenvalue weighted by atomic mass is 9.99. The normalized spacial score (nSPS) is 18.4. The van der Waals surface area contributed by atoms with E-state index >= 15 is 0 Å². The Labute approximate surface area is 117 Å². The van der Waals surface area contributed by atoms with Crippen LogP contribution in [0.1, 0.15) is 39.8 Å². The van der Waals surface area contributed by atoms with Gasteiger partial charge in [-0.3, -0.25) is 0 Å². The Kier molecular flexibility index (Phi) is 2.71. The highest BCUT2D eigenvalue weighted by Crippen LogP contribution is 2.42. The van der Waals surface area contributed by atoms with E-state index in [9.17, 15) is 0 Å². The Hall–Kier alpha value is -1.19. The van der Waals surface area contributed by atoms with Crippen molar-refractivity contribution >= 4 is 11.3 Å². The van der Waals surface area contributed by atoms with Gasteiger partial charge in [0.25, 0.3) is 0 Å². The summed E-state index contributed by atoms with van der Waals surface area (Å²) in [6.07, 6.45) is 3.58. The largest absolute Gasteiger partial charge is 0.317 e. The zero-order valence-corrected chi connectivity index (χ0v) is 12.0. The monoisotopic (exact) mass is 270 g/mol. The molecule has 19 heavy (non-hydrogen) atoms. The van der Waals surface area contributed by atoms with Gasteiger partial charge in [-0.1, -0.05) is 17.7 Å². The quantitative estimate of drug-likeness (QED) is 0.732. The summed E-state index contributed by atoms with van der Waals surface area (Å²) in [6, 6.07) is 6.78. The van der Waals surface area contributed by atoms with Crippen LogP contribution in [0.4, 0.5) is 0 Å². The number of rotatable bonds is 1. The minimum absolute atomic E-state index is 0.685. The number of hydrogen-bond donors (Lipinski definition) is 1. The van der Waals surface area contributed by atoms with Crippen molar-refractivity contribution < 1.29 is 0 Å². The molecular weight excluding hydrogens is 252 g/mol. The van der Waals surface area contributed by atoms with Gasteiger partial charge in [-0.25, -0.2) is 4.98 Å². The van der Waals surface area contributed by atoms with Gasteiger partial charge < -0.3 is 5.32 Å². The van der Waals surface area contributed by atoms with Crippen LogP contribution < -0.4 is 5.32 Å². The number of hydrogen-bond acceptors (Lipinski definition) is 3. The minimum Gasteiger partial charge on any atom is -0.317 e. The van der Waals surface area contributed by atoms with Crippen LogP contribution >= 0.6 is 11.3 Å². The Morgan fingerprint density at radius 3 is 2.95 bits per heavy atom. The first-order valence-corrected chi connectivity index (χ1v) is 7.93. The molecule has 0 spiro atoms. The summed E-state index contributed by atoms with van der Waals surface area (Å²) >= 11 is 1.95. The Morgan fingerprint density at radius 2 is 2.11 bits per heavy atom. The molecule has 4 rings (SSSR count). The van der Waals surface area contributed by atoms with Crippen LogP contribution in [0.25, 0.3) is 11.3 Å². The second-order valence-electron chi connectivity index (χ2n) is 5.69. The van der Waals surface area contributed by atoms with Crippen molar-refractivity contribution in [3.05, 3.63) is 39.2 Å². The van der Waals surface area contributed by atoms with Crippen molar-refractivity contribution in [1.29, 1.82) is 0 Å². The third kappa shape index (κ3) is 1.92. The lowest BCUT2D eigenvalue weighted by Gasteiger charge is -2.20. The van der Waals surface area contributed by atoms with Gasteiger partial charge in [0.2, 0.25) is 0 Å². The molecule has 2 nitrogen and oxygen atoms in total. The molecule has 2 aromatic rings. The Balaban J connectivity index is 1.72. The molecule has 1 aliphatic carbocycles. The summed E-state index contributed by atoms with van der Waals surface area (Å²) in [5.41, 5.74) is 5.45. The van der Waals surface area contributed by atoms with E-state index in [0.717, 1.165) is 19.5 Å². The van der Waals surface area contributed by atoms with E-state index in [0.29, 0.717) is 5.92 Å². The third-order valence-electron chi connectivity index (χ3n) is 4.27. The van der Waals surface area contributed by atoms with Crippen molar-refractivity contribution in [2.45, 2.75) is 32.1 Å². The van der Waals surface area contributed by atoms with Crippen molar-refractivity contribution in [3.63, 3.8) is 0 Å². The van der Waals surface area contributed by atoms with Gasteiger partial charge >= 0.3 is 0 Å². The number of benzene rings is 1. The van der Waals surface area contributed by atoms with Crippen LogP contribution in [0.5, 0.6) is 0 Å². The third-order valence-corrected chi connectivity index (χ3v) is 5.49. The lowest BCUT2D eigenvalue weighted by molar-refractivity contribution is 0.459. The molecule has 0 atom stereocenters. The van der Waals surface area contributed by atoms with E-state index < -0.39 is 0 Å². The van der Waals surface area contributed by atoms with E-state index in [4.69, 9.17) is 4.98 Å². The highest BCUT2D eigenvalue weighted by atomic mass is 32.1. The summed E-state index contributed by atoms with van der Waals surface area (Å²) in [5.74, 6) is 0.685. The topological polar surface area (TPSA) is 24.9 Å². The fourth-order valence-corrected chi connectivity index (χ4v) is 4.45. The summed E-state index contributed by atoms with van der Waals surface area (Å²) in [5, 5.41) is 4.81. The standard InChI is InChI=1S/C16H18N2S/c1-10-2-3-12-9-14-15(13(12)8-10)18-16(19-14)11-4-6-17-7-5-11/h2-3,8,11,17H,4-7,9H2,1H3. The first kappa shape index (κ1) is 11.6. The van der Waals surface area contributed by atoms with Gasteiger partial charge in [0, 0.05) is 22.8 Å². The lowest BCUT2D eigenvalue weighted by Crippen LogP contribution is -2.26. The smallest absolute Gasteiger partial charge is 0.0967 e. The van der Waals surface area contributed by atoms with Crippen LogP contribution in [0.3, 0.4) is 0 Å². The van der Waals surface area contributed by atoms with Gasteiger partial charge in [-0.05, 0) is 44.5 Å². The maximum atomic E-state index is 4.99. The average molecular weight is 270 g/mol. The number of fused-ring (bicyclic) bond motifs is 3. The van der Waals surface area contributed by atoms with E-state index in [1.54, 1.807) is 0 Å². The number of aryl methyl sites for hydroxylation is 1. The highest BCUT2D eigenvalue weighted by Gasteiger charge is 2.26. The molecule has 0 unspecified atom stereocenters. The molecule has 3 heteroatoms. The van der Waals surface area contributed by atoms with Crippen LogP contribution in [0.15, 0.2) is 18.2 Å². The zero-order valence-electron chi connectivity index (χ0n) is 11.2. The van der Waals surface area contributed by atoms with Crippen LogP contribution in [0, 0.1) is 6.92 Å². The van der Waals surface area contributed by atoms with Crippen molar-refractivity contribution in [2.75, 3.05) is 13.1 Å². The molecule has 0 amide bonds. The van der Waals surface area contributed by atoms with Crippen LogP contribution in [-0.2, 0) is 6.42 Å². The molecule has 0 saturated carbocycles. The number of nitrogens with zero attached hydrogens (tertiary/aromatic N) is 1. The van der Waals surface area contributed by atoms with Crippen molar-refractivity contribution in [1.82, 2.24) is 10.3 Å². The predicted octanol–water partition coefficient (Wildman–Crippen LogP) is 3.49. The molecule has 1 aromatic heterocycles. The van der Waals surface area contributed by atoms with E-state index in [1.165, 1.54) is 45.1 Å². The molecule has 1 aromatic carbocycles. The van der Waals surface area contributed by atoms with E-state index in [2.05, 4.69) is 30.4 Å². The van der Waals surface area contributed by atoms with Crippen molar-refractivity contribution in [2.24, 2.45) is 0 Å². The number of aromatic nitrogens is 1. The molecule has 1 aliphatic heterocycles. The zero-order chi connectivity index (χ0) is 12.8. The van der Waals surface area contributed by atoms with Gasteiger partial charge in [0.15, 0.2) is 0 Å². The fraction of sp³-hybridized carbons (Fsp3) is 0.438. The van der Waals surface area contributed by atoms with Crippen LogP contribution in [0.2, 0.25) is 0 Å². The number of thiazole rings is 1. The number of nitrogens with one attached hydrogen (secondary N) is 1. The molecule has 98 valence electrons. The Bertz CT molecular complexity index is 624. The first-order valence-electron chi connectivity index (χ1n) is 7.11. The Morgan fingerprint density at radius 1 is 1.26 bits per heavy atom. The first-order chi connectivity index (χ1) is 9.31. The minimum atomic E-state index is 0.685. The highest BCUT2D eigenvalue weighted by molar-refractivity contribution is 7.12. The molecule has 1 fully saturated rings. The molecular formula is C16H18N2S. The SMILES string of the molecule is Cc1ccc2c(c1)-c1nc(C3CCNCC3)sc1C2. The summed E-state index contributed by atoms with van der Waals surface area (Å²) in [7, 11) is 0. The number of piperidine rings is 1. The molecule has 1 saturated heterocycles. The van der Waals surface area contributed by atoms with Gasteiger partial charge in [-0.2, -0.15) is 0 Å². The molecule has 2 heterocycles. The van der Waals surface area contributed by atoms with Gasteiger partial charge in [-0.15, -0.1) is 11.3 Å². The maximum absolute atomic E-state index is 4.99. The second-order valence-corrected chi connectivity index (χ2v) is 6.80. The van der Waals surface area contributed by atoms with E-state index in [1.807, 2.05) is 11.3 Å². The molecule has 1 N–H and O–H groups in total. The van der Waals surface area contributed by atoms with Gasteiger partial charge in [0.05, 0.1) is 10.7 Å². The summed E-state index contributed by atoms with van der Waals surface area (Å²) in [4.78, 5) is 6.47. The van der Waals surface area contributed by atoms with Gasteiger partial charge in [0.1, 0.15) is 0 Å². The van der Waals surface area contributed by atoms with Crippen molar-refractivity contribution in [3.8, 4) is 11.3 Å². The fourth-order valence-electron chi connectivity index (χ4n) is 3.18. The maximum Gasteiger partial charge on any atom is 0.0967 e. The predicted molar refractivity (Wildman–Crippen MR) is 79.9 cm³/mol. The second kappa shape index (κ2) is 4.43. The summed E-state index contributed by atoms with van der Waals surface area (Å²) in [6.45, 7) is 4.45. The molecule has 0 radical (unpaired) electrons. The van der Waals surface area contributed by atoms with Crippen LogP contribution in [-0.4, -0.2) is 18.1 Å². The molecule has 2 aliphatic rings. The average Bonchev–Trinajstić information content (AvgIpc) is 2.98. The summed E-state index contributed by atoms with van der Waals surface area (Å²) < 4.78 is 0. The molecule has 0 bridgehead atoms.